The minimum Gasteiger partial charge on any atom is -0.370 e. The molecule has 0 bridgehead atoms. The molecule has 1 amide bonds. The molecule has 2 N–H and O–H groups in total. The lowest BCUT2D eigenvalue weighted by molar-refractivity contribution is -0.118. The Morgan fingerprint density at radius 1 is 1.40 bits per heavy atom. The molecule has 0 aromatic carbocycles. The van der Waals surface area contributed by atoms with E-state index in [1.807, 2.05) is 19.0 Å². The van der Waals surface area contributed by atoms with Crippen LogP contribution in [0, 0.1) is 0 Å². The van der Waals surface area contributed by atoms with Crippen LogP contribution < -0.4 is 5.73 Å². The minimum atomic E-state index is -0.237. The van der Waals surface area contributed by atoms with E-state index in [0.717, 1.165) is 6.54 Å². The second-order valence-electron chi connectivity index (χ2n) is 2.02. The summed E-state index contributed by atoms with van der Waals surface area (Å²) in [6.45, 7) is 0.745. The van der Waals surface area contributed by atoms with Crippen LogP contribution in [0.5, 0.6) is 0 Å². The first kappa shape index (κ1) is 16.5. The van der Waals surface area contributed by atoms with Gasteiger partial charge in [-0.05, 0) is 14.1 Å². The molecule has 0 unspecified atom stereocenters. The summed E-state index contributed by atoms with van der Waals surface area (Å²) >= 11 is 0. The molecule has 0 aliphatic heterocycles. The molecule has 0 saturated carbocycles. The van der Waals surface area contributed by atoms with Gasteiger partial charge in [-0.1, -0.05) is 0 Å². The lowest BCUT2D eigenvalue weighted by Gasteiger charge is -2.05. The van der Waals surface area contributed by atoms with Crippen LogP contribution >= 0.6 is 24.8 Å². The summed E-state index contributed by atoms with van der Waals surface area (Å²) in [4.78, 5) is 12.0. The van der Waals surface area contributed by atoms with Crippen molar-refractivity contribution in [1.29, 1.82) is 0 Å². The fourth-order valence-electron chi connectivity index (χ4n) is 0.334. The maximum absolute atomic E-state index is 10.1. The lowest BCUT2D eigenvalue weighted by atomic mass is 10.4. The summed E-state index contributed by atoms with van der Waals surface area (Å²) in [5, 5.41) is 0. The van der Waals surface area contributed by atoms with Crippen LogP contribution in [0.3, 0.4) is 0 Å². The monoisotopic (exact) mass is 188 g/mol. The average Bonchev–Trinajstić information content (AvgIpc) is 1.61. The maximum atomic E-state index is 10.1. The number of hydrogen-bond acceptors (Lipinski definition) is 2. The summed E-state index contributed by atoms with van der Waals surface area (Å²) < 4.78 is 0. The molecule has 10 heavy (non-hydrogen) atoms. The van der Waals surface area contributed by atoms with Crippen molar-refractivity contribution < 1.29 is 4.79 Å². The van der Waals surface area contributed by atoms with E-state index in [0.29, 0.717) is 6.42 Å². The van der Waals surface area contributed by atoms with E-state index in [-0.39, 0.29) is 30.7 Å². The van der Waals surface area contributed by atoms with Crippen LogP contribution in [0.2, 0.25) is 0 Å². The normalized spacial score (nSPS) is 7.90. The summed E-state index contributed by atoms with van der Waals surface area (Å²) in [6.07, 6.45) is 0.451. The molecule has 0 aliphatic carbocycles. The molecule has 0 rings (SSSR count). The molecule has 0 saturated heterocycles. The number of halogens is 2. The molecular weight excluding hydrogens is 175 g/mol. The Kier molecular flexibility index (Phi) is 14.9. The van der Waals surface area contributed by atoms with E-state index in [2.05, 4.69) is 0 Å². The van der Waals surface area contributed by atoms with Gasteiger partial charge >= 0.3 is 0 Å². The predicted molar refractivity (Wildman–Crippen MR) is 46.9 cm³/mol. The molecule has 3 nitrogen and oxygen atoms in total. The smallest absolute Gasteiger partial charge is 0.218 e. The van der Waals surface area contributed by atoms with Crippen LogP contribution in [0.4, 0.5) is 0 Å². The van der Waals surface area contributed by atoms with Crippen LogP contribution in [0.1, 0.15) is 6.42 Å². The topological polar surface area (TPSA) is 46.3 Å². The van der Waals surface area contributed by atoms with E-state index in [1.165, 1.54) is 0 Å². The molecule has 0 aromatic heterocycles. The predicted octanol–water partition coefficient (Wildman–Crippen LogP) is 0.267. The van der Waals surface area contributed by atoms with E-state index in [4.69, 9.17) is 5.73 Å². The van der Waals surface area contributed by atoms with Crippen molar-refractivity contribution in [3.05, 3.63) is 0 Å². The first-order valence-corrected chi connectivity index (χ1v) is 2.56. The van der Waals surface area contributed by atoms with Gasteiger partial charge in [-0.3, -0.25) is 4.79 Å². The van der Waals surface area contributed by atoms with E-state index < -0.39 is 0 Å². The van der Waals surface area contributed by atoms with Crippen LogP contribution in [-0.4, -0.2) is 31.4 Å². The quantitative estimate of drug-likeness (QED) is 0.692. The molecule has 0 radical (unpaired) electrons. The number of nitrogens with two attached hydrogens (primary N) is 1. The Hall–Kier alpha value is 0.01000. The summed E-state index contributed by atoms with van der Waals surface area (Å²) in [5.41, 5.74) is 4.88. The highest BCUT2D eigenvalue weighted by Gasteiger charge is 1.93. The first-order valence-electron chi connectivity index (χ1n) is 2.56. The van der Waals surface area contributed by atoms with Crippen molar-refractivity contribution in [3.8, 4) is 0 Å². The third-order valence-corrected chi connectivity index (χ3v) is 0.805. The highest BCUT2D eigenvalue weighted by molar-refractivity contribution is 5.85. The van der Waals surface area contributed by atoms with Crippen LogP contribution in [-0.2, 0) is 4.79 Å². The van der Waals surface area contributed by atoms with Gasteiger partial charge in [-0.25, -0.2) is 0 Å². The molecule has 0 atom stereocenters. The summed E-state index contributed by atoms with van der Waals surface area (Å²) in [6, 6.07) is 0. The third kappa shape index (κ3) is 15.7. The van der Waals surface area contributed by atoms with Gasteiger partial charge in [0.1, 0.15) is 0 Å². The Morgan fingerprint density at radius 3 is 1.90 bits per heavy atom. The van der Waals surface area contributed by atoms with Gasteiger partial charge in [0.05, 0.1) is 0 Å². The standard InChI is InChI=1S/C5H12N2O.2ClH/c1-7(2)4-3-5(6)8;;/h3-4H2,1-2H3,(H2,6,8);2*1H. The van der Waals surface area contributed by atoms with Crippen molar-refractivity contribution in [2.45, 2.75) is 6.42 Å². The zero-order valence-corrected chi connectivity index (χ0v) is 7.80. The maximum Gasteiger partial charge on any atom is 0.218 e. The highest BCUT2D eigenvalue weighted by atomic mass is 35.5. The van der Waals surface area contributed by atoms with Gasteiger partial charge in [0.2, 0.25) is 5.91 Å². The van der Waals surface area contributed by atoms with Crippen molar-refractivity contribution in [2.24, 2.45) is 5.73 Å². The Labute approximate surface area is 73.8 Å². The van der Waals surface area contributed by atoms with Crippen LogP contribution in [0.25, 0.3) is 0 Å². The Bertz CT molecular complexity index is 87.7. The minimum absolute atomic E-state index is 0. The highest BCUT2D eigenvalue weighted by Crippen LogP contribution is 1.78. The summed E-state index contributed by atoms with van der Waals surface area (Å²) in [5.74, 6) is -0.237. The number of rotatable bonds is 3. The van der Waals surface area contributed by atoms with Crippen molar-refractivity contribution in [2.75, 3.05) is 20.6 Å². The number of carbonyl (C=O) groups is 1. The lowest BCUT2D eigenvalue weighted by Crippen LogP contribution is -2.20. The van der Waals surface area contributed by atoms with Gasteiger partial charge < -0.3 is 10.6 Å². The first-order chi connectivity index (χ1) is 3.63. The van der Waals surface area contributed by atoms with Crippen molar-refractivity contribution in [3.63, 3.8) is 0 Å². The second-order valence-corrected chi connectivity index (χ2v) is 2.02. The average molecular weight is 189 g/mol. The van der Waals surface area contributed by atoms with Crippen molar-refractivity contribution >= 4 is 30.7 Å². The number of hydrogen-bond donors (Lipinski definition) is 1. The molecule has 0 fully saturated rings. The molecule has 0 aliphatic rings. The van der Waals surface area contributed by atoms with Crippen molar-refractivity contribution in [1.82, 2.24) is 4.90 Å². The largest absolute Gasteiger partial charge is 0.370 e. The van der Waals surface area contributed by atoms with Crippen LogP contribution in [0.15, 0.2) is 0 Å². The number of nitrogens with zero attached hydrogens (tertiary/aromatic N) is 1. The molecule has 0 aromatic rings. The SMILES string of the molecule is CN(C)CCC(N)=O.Cl.Cl. The fourth-order valence-corrected chi connectivity index (χ4v) is 0.334. The number of primary amides is 1. The van der Waals surface area contributed by atoms with Gasteiger partial charge in [-0.15, -0.1) is 24.8 Å². The van der Waals surface area contributed by atoms with E-state index in [1.54, 1.807) is 0 Å². The number of amides is 1. The molecule has 5 heteroatoms. The van der Waals surface area contributed by atoms with Gasteiger partial charge in [0.25, 0.3) is 0 Å². The molecular formula is C5H14Cl2N2O. The molecule has 0 spiro atoms. The van der Waals surface area contributed by atoms with Gasteiger partial charge in [0, 0.05) is 13.0 Å². The molecule has 0 heterocycles. The van der Waals surface area contributed by atoms with Gasteiger partial charge in [0.15, 0.2) is 0 Å². The number of carbonyl (C=O) groups excluding carboxylic acids is 1. The molecule has 64 valence electrons. The second kappa shape index (κ2) is 9.01. The fraction of sp³-hybridized carbons (Fsp3) is 0.800. The van der Waals surface area contributed by atoms with E-state index in [9.17, 15) is 4.79 Å². The Morgan fingerprint density at radius 2 is 1.80 bits per heavy atom. The summed E-state index contributed by atoms with van der Waals surface area (Å²) in [7, 11) is 3.81. The zero-order valence-electron chi connectivity index (χ0n) is 6.16. The zero-order chi connectivity index (χ0) is 6.57. The van der Waals surface area contributed by atoms with E-state index >= 15 is 0 Å². The third-order valence-electron chi connectivity index (χ3n) is 0.805. The Balaban J connectivity index is -0.000000245. The van der Waals surface area contributed by atoms with Gasteiger partial charge in [-0.2, -0.15) is 0 Å².